The smallest absolute Gasteiger partial charge is 0.335 e. The zero-order chi connectivity index (χ0) is 27.3. The van der Waals surface area contributed by atoms with Crippen LogP contribution in [0.4, 0.5) is 5.69 Å². The summed E-state index contributed by atoms with van der Waals surface area (Å²) in [5.74, 6) is -0.718. The molecule has 4 aromatic rings. The molecule has 192 valence electrons. The minimum atomic E-state index is -1.03. The summed E-state index contributed by atoms with van der Waals surface area (Å²) in [6, 6.07) is 22.4. The molecule has 0 radical (unpaired) electrons. The van der Waals surface area contributed by atoms with Crippen molar-refractivity contribution in [2.75, 3.05) is 5.32 Å². The van der Waals surface area contributed by atoms with E-state index in [1.165, 1.54) is 18.2 Å². The van der Waals surface area contributed by atoms with Gasteiger partial charge < -0.3 is 19.9 Å². The first kappa shape index (κ1) is 24.5. The number of carboxylic acids is 1. The summed E-state index contributed by atoms with van der Waals surface area (Å²) < 4.78 is 6.24. The Morgan fingerprint density at radius 2 is 1.82 bits per heavy atom. The summed E-state index contributed by atoms with van der Waals surface area (Å²) in [5.41, 5.74) is 5.13. The number of benzene rings is 4. The number of nitrogens with one attached hydrogen (secondary N) is 1. The first-order valence-electron chi connectivity index (χ1n) is 12.1. The zero-order valence-electron chi connectivity index (χ0n) is 20.7. The van der Waals surface area contributed by atoms with Crippen LogP contribution in [0.2, 0.25) is 5.02 Å². The van der Waals surface area contributed by atoms with E-state index in [1.807, 2.05) is 37.3 Å². The van der Waals surface area contributed by atoms with Crippen LogP contribution in [0.5, 0.6) is 5.75 Å². The monoisotopic (exact) mass is 536 g/mol. The van der Waals surface area contributed by atoms with Crippen LogP contribution < -0.4 is 10.7 Å². The van der Waals surface area contributed by atoms with Crippen molar-refractivity contribution in [3.05, 3.63) is 111 Å². The van der Waals surface area contributed by atoms with E-state index >= 15 is 0 Å². The van der Waals surface area contributed by atoms with Crippen LogP contribution in [-0.2, 0) is 6.54 Å². The molecule has 0 atom stereocenters. The number of anilines is 1. The third kappa shape index (κ3) is 4.32. The van der Waals surface area contributed by atoms with Crippen LogP contribution in [0.25, 0.3) is 44.3 Å². The summed E-state index contributed by atoms with van der Waals surface area (Å²) in [7, 11) is 0. The minimum Gasteiger partial charge on any atom is -0.507 e. The highest BCUT2D eigenvalue weighted by Gasteiger charge is 2.22. The molecule has 3 N–H and O–H groups in total. The number of aryl methyl sites for hydroxylation is 1. The molecule has 0 amide bonds. The number of rotatable bonds is 5. The van der Waals surface area contributed by atoms with E-state index in [-0.39, 0.29) is 22.9 Å². The number of nitrogens with zero attached hydrogens (tertiary/aromatic N) is 1. The number of aromatic carboxylic acids is 1. The molecule has 1 aliphatic heterocycles. The largest absolute Gasteiger partial charge is 0.507 e. The SMILES string of the molecule is Cc1ccc2cccc(NCc3c(O)ccc4c(-c5ccc(C(=O)O)cc5)c5cc(Cl)c(=O)cc-5oc34)c2n1. The normalized spacial score (nSPS) is 11.3. The number of fused-ring (bicyclic) bond motifs is 3. The second-order valence-corrected chi connectivity index (χ2v) is 9.67. The van der Waals surface area contributed by atoms with Crippen molar-refractivity contribution in [2.45, 2.75) is 13.5 Å². The van der Waals surface area contributed by atoms with E-state index in [0.29, 0.717) is 39.0 Å². The van der Waals surface area contributed by atoms with Crippen LogP contribution in [0.3, 0.4) is 0 Å². The van der Waals surface area contributed by atoms with Crippen molar-refractivity contribution in [2.24, 2.45) is 0 Å². The molecule has 0 fully saturated rings. The van der Waals surface area contributed by atoms with Crippen LogP contribution >= 0.6 is 11.6 Å². The minimum absolute atomic E-state index is 0.0194. The summed E-state index contributed by atoms with van der Waals surface area (Å²) >= 11 is 6.21. The van der Waals surface area contributed by atoms with Gasteiger partial charge in [-0.1, -0.05) is 41.9 Å². The highest BCUT2D eigenvalue weighted by atomic mass is 35.5. The van der Waals surface area contributed by atoms with Gasteiger partial charge in [0.2, 0.25) is 5.43 Å². The number of carboxylic acid groups (broad SMARTS) is 1. The Hall–Kier alpha value is -4.88. The Kier molecular flexibility index (Phi) is 5.93. The number of carbonyl (C=O) groups is 1. The van der Waals surface area contributed by atoms with Crippen molar-refractivity contribution in [3.8, 4) is 28.2 Å². The van der Waals surface area contributed by atoms with Crippen LogP contribution in [-0.4, -0.2) is 21.2 Å². The lowest BCUT2D eigenvalue weighted by Crippen LogP contribution is -2.05. The van der Waals surface area contributed by atoms with Gasteiger partial charge >= 0.3 is 5.97 Å². The van der Waals surface area contributed by atoms with Gasteiger partial charge in [0.25, 0.3) is 0 Å². The number of hydrogen-bond donors (Lipinski definition) is 3. The molecule has 2 aliphatic rings. The number of halogens is 1. The second-order valence-electron chi connectivity index (χ2n) is 9.26. The van der Waals surface area contributed by atoms with Gasteiger partial charge in [-0.3, -0.25) is 9.78 Å². The van der Waals surface area contributed by atoms with Crippen molar-refractivity contribution < 1.29 is 19.4 Å². The summed E-state index contributed by atoms with van der Waals surface area (Å²) in [6.45, 7) is 2.14. The summed E-state index contributed by atoms with van der Waals surface area (Å²) in [5, 5.41) is 25.3. The number of aromatic nitrogens is 1. The molecule has 3 aromatic carbocycles. The van der Waals surface area contributed by atoms with Crippen LogP contribution in [0, 0.1) is 6.92 Å². The molecule has 0 unspecified atom stereocenters. The molecule has 6 rings (SSSR count). The maximum Gasteiger partial charge on any atom is 0.335 e. The van der Waals surface area contributed by atoms with Gasteiger partial charge in [-0.25, -0.2) is 4.79 Å². The number of hydrogen-bond acceptors (Lipinski definition) is 6. The number of phenols is 1. The quantitative estimate of drug-likeness (QED) is 0.201. The predicted molar refractivity (Wildman–Crippen MR) is 152 cm³/mol. The topological polar surface area (TPSA) is 113 Å². The maximum absolute atomic E-state index is 12.4. The van der Waals surface area contributed by atoms with Gasteiger partial charge in [-0.2, -0.15) is 0 Å². The Bertz CT molecular complexity index is 1950. The standard InChI is InChI=1S/C31H21ClN2O5/c1-16-5-6-18-3-2-4-24(29(18)34-16)33-15-22-25(35)12-11-20-28(17-7-9-19(10-8-17)31(37)38)21-13-23(32)26(36)14-27(21)39-30(20)22/h2-14,33,35H,15H2,1H3,(H,37,38). The Morgan fingerprint density at radius 1 is 1.03 bits per heavy atom. The highest BCUT2D eigenvalue weighted by molar-refractivity contribution is 6.31. The molecule has 0 saturated carbocycles. The van der Waals surface area contributed by atoms with Gasteiger partial charge in [-0.05, 0) is 55.0 Å². The third-order valence-corrected chi connectivity index (χ3v) is 7.05. The van der Waals surface area contributed by atoms with Gasteiger partial charge in [0.15, 0.2) is 0 Å². The Balaban J connectivity index is 1.56. The lowest BCUT2D eigenvalue weighted by Gasteiger charge is -2.18. The van der Waals surface area contributed by atoms with E-state index in [0.717, 1.165) is 22.3 Å². The van der Waals surface area contributed by atoms with Gasteiger partial charge in [0.05, 0.1) is 27.4 Å². The van der Waals surface area contributed by atoms with Crippen LogP contribution in [0.1, 0.15) is 21.6 Å². The Labute approximate surface area is 227 Å². The molecule has 0 spiro atoms. The first-order valence-corrected chi connectivity index (χ1v) is 12.5. The fourth-order valence-corrected chi connectivity index (χ4v) is 5.00. The molecular formula is C31H21ClN2O5. The maximum atomic E-state index is 12.4. The summed E-state index contributed by atoms with van der Waals surface area (Å²) in [4.78, 5) is 28.5. The molecule has 1 aliphatic carbocycles. The Morgan fingerprint density at radius 3 is 2.59 bits per heavy atom. The average molecular weight is 537 g/mol. The number of pyridine rings is 1. The van der Waals surface area contributed by atoms with Gasteiger partial charge in [0, 0.05) is 40.2 Å². The number of phenolic OH excluding ortho intramolecular Hbond substituents is 1. The highest BCUT2D eigenvalue weighted by Crippen LogP contribution is 2.43. The average Bonchev–Trinajstić information content (AvgIpc) is 2.92. The molecular weight excluding hydrogens is 516 g/mol. The lowest BCUT2D eigenvalue weighted by molar-refractivity contribution is 0.0697. The molecule has 0 saturated heterocycles. The molecule has 39 heavy (non-hydrogen) atoms. The third-order valence-electron chi connectivity index (χ3n) is 6.76. The van der Waals surface area contributed by atoms with Crippen molar-refractivity contribution in [1.29, 1.82) is 0 Å². The second kappa shape index (κ2) is 9.45. The number of para-hydroxylation sites is 1. The van der Waals surface area contributed by atoms with Crippen molar-refractivity contribution in [3.63, 3.8) is 0 Å². The molecule has 1 aromatic heterocycles. The van der Waals surface area contributed by atoms with Crippen LogP contribution in [0.15, 0.2) is 88.1 Å². The fraction of sp³-hybridized carbons (Fsp3) is 0.0645. The zero-order valence-corrected chi connectivity index (χ0v) is 21.4. The molecule has 7 nitrogen and oxygen atoms in total. The van der Waals surface area contributed by atoms with Gasteiger partial charge in [-0.15, -0.1) is 0 Å². The molecule has 0 bridgehead atoms. The van der Waals surface area contributed by atoms with E-state index in [9.17, 15) is 19.8 Å². The van der Waals surface area contributed by atoms with Crippen molar-refractivity contribution >= 4 is 45.1 Å². The first-order chi connectivity index (χ1) is 18.8. The van der Waals surface area contributed by atoms with Gasteiger partial charge in [0.1, 0.15) is 17.1 Å². The fourth-order valence-electron chi connectivity index (χ4n) is 4.83. The molecule has 2 heterocycles. The summed E-state index contributed by atoms with van der Waals surface area (Å²) in [6.07, 6.45) is 0. The predicted octanol–water partition coefficient (Wildman–Crippen LogP) is 7.09. The van der Waals surface area contributed by atoms with Crippen molar-refractivity contribution in [1.82, 2.24) is 4.98 Å². The van der Waals surface area contributed by atoms with E-state index < -0.39 is 11.4 Å². The number of aromatic hydroxyl groups is 1. The van der Waals surface area contributed by atoms with E-state index in [1.54, 1.807) is 30.3 Å². The van der Waals surface area contributed by atoms with E-state index in [2.05, 4.69) is 10.3 Å². The molecule has 8 heteroatoms. The lowest BCUT2D eigenvalue weighted by atomic mass is 9.92. The van der Waals surface area contributed by atoms with E-state index in [4.69, 9.17) is 16.0 Å².